The van der Waals surface area contributed by atoms with Crippen molar-refractivity contribution >= 4 is 5.91 Å². The molecule has 0 aliphatic carbocycles. The predicted molar refractivity (Wildman–Crippen MR) is 86.8 cm³/mol. The summed E-state index contributed by atoms with van der Waals surface area (Å²) in [6.45, 7) is 3.37. The SMILES string of the molecule is Cc1nccc(C2CN(C(=O)CCc3cccc(F)c3)CCO2)n1. The van der Waals surface area contributed by atoms with Gasteiger partial charge in [-0.2, -0.15) is 0 Å². The highest BCUT2D eigenvalue weighted by Gasteiger charge is 2.26. The van der Waals surface area contributed by atoms with Crippen molar-refractivity contribution in [3.63, 3.8) is 0 Å². The average Bonchev–Trinajstić information content (AvgIpc) is 2.60. The van der Waals surface area contributed by atoms with E-state index in [0.717, 1.165) is 11.3 Å². The molecule has 1 fully saturated rings. The van der Waals surface area contributed by atoms with Crippen LogP contribution in [0.5, 0.6) is 0 Å². The highest BCUT2D eigenvalue weighted by atomic mass is 19.1. The van der Waals surface area contributed by atoms with Gasteiger partial charge in [0.1, 0.15) is 17.7 Å². The Hall–Kier alpha value is -2.34. The molecule has 1 amide bonds. The predicted octanol–water partition coefficient (Wildman–Crippen LogP) is 2.46. The average molecular weight is 329 g/mol. The van der Waals surface area contributed by atoms with E-state index >= 15 is 0 Å². The lowest BCUT2D eigenvalue weighted by Gasteiger charge is -2.32. The second-order valence-corrected chi connectivity index (χ2v) is 5.86. The summed E-state index contributed by atoms with van der Waals surface area (Å²) in [7, 11) is 0. The van der Waals surface area contributed by atoms with Gasteiger partial charge in [0, 0.05) is 19.2 Å². The first kappa shape index (κ1) is 16.5. The molecule has 1 unspecified atom stereocenters. The molecule has 1 aliphatic rings. The van der Waals surface area contributed by atoms with E-state index in [-0.39, 0.29) is 17.8 Å². The van der Waals surface area contributed by atoms with Gasteiger partial charge in [-0.3, -0.25) is 4.79 Å². The quantitative estimate of drug-likeness (QED) is 0.865. The summed E-state index contributed by atoms with van der Waals surface area (Å²) in [6, 6.07) is 8.19. The van der Waals surface area contributed by atoms with Gasteiger partial charge < -0.3 is 9.64 Å². The van der Waals surface area contributed by atoms with Crippen LogP contribution in [-0.4, -0.2) is 40.5 Å². The Kier molecular flexibility index (Phi) is 5.15. The Bertz CT molecular complexity index is 723. The minimum Gasteiger partial charge on any atom is -0.368 e. The molecule has 2 aromatic rings. The molecule has 6 heteroatoms. The van der Waals surface area contributed by atoms with Crippen molar-refractivity contribution in [1.29, 1.82) is 0 Å². The standard InChI is InChI=1S/C18H20FN3O2/c1-13-20-8-7-16(21-13)17-12-22(9-10-24-17)18(23)6-5-14-3-2-4-15(19)11-14/h2-4,7-8,11,17H,5-6,9-10,12H2,1H3. The highest BCUT2D eigenvalue weighted by Crippen LogP contribution is 2.21. The molecule has 0 bridgehead atoms. The van der Waals surface area contributed by atoms with Crippen LogP contribution < -0.4 is 0 Å². The summed E-state index contributed by atoms with van der Waals surface area (Å²) in [5.74, 6) is 0.467. The second-order valence-electron chi connectivity index (χ2n) is 5.86. The number of hydrogen-bond donors (Lipinski definition) is 0. The number of hydrogen-bond acceptors (Lipinski definition) is 4. The molecule has 3 rings (SSSR count). The molecule has 1 atom stereocenters. The van der Waals surface area contributed by atoms with Gasteiger partial charge in [0.05, 0.1) is 18.8 Å². The molecule has 0 radical (unpaired) electrons. The van der Waals surface area contributed by atoms with E-state index in [1.807, 2.05) is 19.1 Å². The first-order valence-corrected chi connectivity index (χ1v) is 8.05. The molecule has 0 saturated carbocycles. The molecular formula is C18H20FN3O2. The minimum atomic E-state index is -0.273. The first-order chi connectivity index (χ1) is 11.6. The number of benzene rings is 1. The second kappa shape index (κ2) is 7.49. The number of morpholine rings is 1. The fraction of sp³-hybridized carbons (Fsp3) is 0.389. The largest absolute Gasteiger partial charge is 0.368 e. The normalized spacial score (nSPS) is 17.8. The van der Waals surface area contributed by atoms with Gasteiger partial charge in [0.2, 0.25) is 5.91 Å². The third-order valence-electron chi connectivity index (χ3n) is 4.06. The first-order valence-electron chi connectivity index (χ1n) is 8.05. The Balaban J connectivity index is 1.59. The van der Waals surface area contributed by atoms with Crippen LogP contribution in [0.3, 0.4) is 0 Å². The number of ether oxygens (including phenoxy) is 1. The van der Waals surface area contributed by atoms with Crippen LogP contribution in [0, 0.1) is 12.7 Å². The Morgan fingerprint density at radius 3 is 3.08 bits per heavy atom. The molecule has 1 aromatic carbocycles. The topological polar surface area (TPSA) is 55.3 Å². The van der Waals surface area contributed by atoms with Gasteiger partial charge in [-0.15, -0.1) is 0 Å². The van der Waals surface area contributed by atoms with E-state index in [1.54, 1.807) is 17.2 Å². The van der Waals surface area contributed by atoms with Crippen molar-refractivity contribution < 1.29 is 13.9 Å². The lowest BCUT2D eigenvalue weighted by molar-refractivity contribution is -0.139. The number of carbonyl (C=O) groups is 1. The maximum absolute atomic E-state index is 13.2. The van der Waals surface area contributed by atoms with E-state index in [1.165, 1.54) is 12.1 Å². The van der Waals surface area contributed by atoms with Crippen LogP contribution in [0.2, 0.25) is 0 Å². The molecule has 1 aliphatic heterocycles. The number of nitrogens with zero attached hydrogens (tertiary/aromatic N) is 3. The van der Waals surface area contributed by atoms with Gasteiger partial charge in [-0.25, -0.2) is 14.4 Å². The molecule has 24 heavy (non-hydrogen) atoms. The van der Waals surface area contributed by atoms with Gasteiger partial charge in [0.15, 0.2) is 0 Å². The molecule has 1 aromatic heterocycles. The maximum atomic E-state index is 13.2. The monoisotopic (exact) mass is 329 g/mol. The van der Waals surface area contributed by atoms with Crippen molar-refractivity contribution in [2.75, 3.05) is 19.7 Å². The van der Waals surface area contributed by atoms with E-state index in [2.05, 4.69) is 9.97 Å². The smallest absolute Gasteiger partial charge is 0.223 e. The molecule has 1 saturated heterocycles. The van der Waals surface area contributed by atoms with Gasteiger partial charge in [-0.1, -0.05) is 12.1 Å². The van der Waals surface area contributed by atoms with Crippen LogP contribution in [-0.2, 0) is 16.0 Å². The van der Waals surface area contributed by atoms with Crippen molar-refractivity contribution in [3.8, 4) is 0 Å². The van der Waals surface area contributed by atoms with Crippen molar-refractivity contribution in [3.05, 3.63) is 59.4 Å². The lowest BCUT2D eigenvalue weighted by atomic mass is 10.1. The number of rotatable bonds is 4. The third kappa shape index (κ3) is 4.14. The Morgan fingerprint density at radius 1 is 1.42 bits per heavy atom. The third-order valence-corrected chi connectivity index (χ3v) is 4.06. The van der Waals surface area contributed by atoms with Gasteiger partial charge in [-0.05, 0) is 37.1 Å². The molecule has 0 spiro atoms. The van der Waals surface area contributed by atoms with E-state index in [4.69, 9.17) is 4.74 Å². The summed E-state index contributed by atoms with van der Waals surface area (Å²) >= 11 is 0. The fourth-order valence-electron chi connectivity index (χ4n) is 2.81. The zero-order chi connectivity index (χ0) is 16.9. The van der Waals surface area contributed by atoms with Crippen LogP contribution >= 0.6 is 0 Å². The van der Waals surface area contributed by atoms with Crippen LogP contribution in [0.15, 0.2) is 36.5 Å². The molecule has 126 valence electrons. The molecular weight excluding hydrogens is 309 g/mol. The molecule has 0 N–H and O–H groups in total. The Labute approximate surface area is 140 Å². The molecule has 2 heterocycles. The van der Waals surface area contributed by atoms with Crippen molar-refractivity contribution in [1.82, 2.24) is 14.9 Å². The number of amides is 1. The van der Waals surface area contributed by atoms with Crippen molar-refractivity contribution in [2.45, 2.75) is 25.9 Å². The van der Waals surface area contributed by atoms with E-state index < -0.39 is 0 Å². The maximum Gasteiger partial charge on any atom is 0.223 e. The number of aromatic nitrogens is 2. The highest BCUT2D eigenvalue weighted by molar-refractivity contribution is 5.76. The van der Waals surface area contributed by atoms with Gasteiger partial charge in [0.25, 0.3) is 0 Å². The summed E-state index contributed by atoms with van der Waals surface area (Å²) in [6.07, 6.45) is 2.37. The van der Waals surface area contributed by atoms with E-state index in [0.29, 0.717) is 38.4 Å². The molecule has 5 nitrogen and oxygen atoms in total. The van der Waals surface area contributed by atoms with Crippen LogP contribution in [0.1, 0.15) is 29.6 Å². The lowest BCUT2D eigenvalue weighted by Crippen LogP contribution is -2.42. The summed E-state index contributed by atoms with van der Waals surface area (Å²) < 4.78 is 18.9. The zero-order valence-electron chi connectivity index (χ0n) is 13.6. The number of carbonyl (C=O) groups excluding carboxylic acids is 1. The Morgan fingerprint density at radius 2 is 2.29 bits per heavy atom. The summed E-state index contributed by atoms with van der Waals surface area (Å²) in [5.41, 5.74) is 1.63. The van der Waals surface area contributed by atoms with Gasteiger partial charge >= 0.3 is 0 Å². The minimum absolute atomic E-state index is 0.0540. The summed E-state index contributed by atoms with van der Waals surface area (Å²) in [5, 5.41) is 0. The van der Waals surface area contributed by atoms with Crippen LogP contribution in [0.4, 0.5) is 4.39 Å². The van der Waals surface area contributed by atoms with Crippen molar-refractivity contribution in [2.24, 2.45) is 0 Å². The number of aryl methyl sites for hydroxylation is 2. The number of halogens is 1. The fourth-order valence-corrected chi connectivity index (χ4v) is 2.81. The summed E-state index contributed by atoms with van der Waals surface area (Å²) in [4.78, 5) is 22.7. The van der Waals surface area contributed by atoms with E-state index in [9.17, 15) is 9.18 Å². The van der Waals surface area contributed by atoms with Crippen LogP contribution in [0.25, 0.3) is 0 Å². The zero-order valence-corrected chi connectivity index (χ0v) is 13.6.